The van der Waals surface area contributed by atoms with Crippen molar-refractivity contribution in [3.05, 3.63) is 65.7 Å². The normalized spacial score (nSPS) is 10.8. The summed E-state index contributed by atoms with van der Waals surface area (Å²) >= 11 is 0. The average molecular weight is 426 g/mol. The van der Waals surface area contributed by atoms with Gasteiger partial charge in [0.15, 0.2) is 0 Å². The third kappa shape index (κ3) is 7.50. The molecule has 0 spiro atoms. The number of nitrogens with one attached hydrogen (secondary N) is 1. The van der Waals surface area contributed by atoms with E-state index in [2.05, 4.69) is 4.72 Å². The van der Waals surface area contributed by atoms with E-state index in [1.165, 1.54) is 0 Å². The maximum absolute atomic E-state index is 12.8. The third-order valence-corrected chi connectivity index (χ3v) is 5.57. The highest BCUT2D eigenvalue weighted by molar-refractivity contribution is 7.92. The lowest BCUT2D eigenvalue weighted by Crippen LogP contribution is -2.36. The molecule has 2 aromatic carbocycles. The van der Waals surface area contributed by atoms with Gasteiger partial charge in [0.2, 0.25) is 10.0 Å². The van der Waals surface area contributed by atoms with E-state index in [9.17, 15) is 13.2 Å². The van der Waals surface area contributed by atoms with E-state index < -0.39 is 10.0 Å². The van der Waals surface area contributed by atoms with E-state index >= 15 is 0 Å². The van der Waals surface area contributed by atoms with Crippen molar-refractivity contribution in [2.24, 2.45) is 5.73 Å². The van der Waals surface area contributed by atoms with Crippen LogP contribution in [0.5, 0.6) is 0 Å². The van der Waals surface area contributed by atoms with Crippen LogP contribution in [0.4, 0.5) is 5.69 Å². The molecular weight excluding hydrogens is 398 g/mol. The Hall–Kier alpha value is -2.09. The average Bonchev–Trinajstić information content (AvgIpc) is 2.65. The number of carbonyl (C=O) groups excluding carboxylic acids is 1. The largest absolute Gasteiger partial charge is 0.337 e. The summed E-state index contributed by atoms with van der Waals surface area (Å²) in [6, 6.07) is 16.5. The third-order valence-electron chi connectivity index (χ3n) is 4.08. The van der Waals surface area contributed by atoms with Crippen LogP contribution in [0.25, 0.3) is 0 Å². The van der Waals surface area contributed by atoms with Gasteiger partial charge >= 0.3 is 0 Å². The van der Waals surface area contributed by atoms with Crippen LogP contribution in [0.2, 0.25) is 0 Å². The Morgan fingerprint density at radius 3 is 2.25 bits per heavy atom. The maximum Gasteiger partial charge on any atom is 0.253 e. The molecular formula is C20H28ClN3O3S. The summed E-state index contributed by atoms with van der Waals surface area (Å²) < 4.78 is 26.2. The van der Waals surface area contributed by atoms with Gasteiger partial charge < -0.3 is 10.6 Å². The molecule has 0 aliphatic heterocycles. The number of hydrogen-bond donors (Lipinski definition) is 2. The van der Waals surface area contributed by atoms with Crippen LogP contribution in [-0.2, 0) is 16.4 Å². The van der Waals surface area contributed by atoms with Crippen LogP contribution in [0.1, 0.15) is 29.3 Å². The number of halogens is 1. The van der Waals surface area contributed by atoms with Crippen LogP contribution >= 0.6 is 12.4 Å². The van der Waals surface area contributed by atoms with Crippen molar-refractivity contribution in [3.63, 3.8) is 0 Å². The minimum absolute atomic E-state index is 0. The Kier molecular flexibility index (Phi) is 9.99. The number of amides is 1. The molecule has 6 nitrogen and oxygen atoms in total. The monoisotopic (exact) mass is 425 g/mol. The minimum atomic E-state index is -3.34. The predicted octanol–water partition coefficient (Wildman–Crippen LogP) is 2.90. The summed E-state index contributed by atoms with van der Waals surface area (Å²) in [5, 5.41) is 0. The molecule has 0 fully saturated rings. The molecule has 2 rings (SSSR count). The van der Waals surface area contributed by atoms with Gasteiger partial charge in [0.05, 0.1) is 5.75 Å². The Labute approximate surface area is 173 Å². The van der Waals surface area contributed by atoms with Crippen LogP contribution in [-0.4, -0.2) is 44.6 Å². The van der Waals surface area contributed by atoms with Crippen molar-refractivity contribution >= 4 is 34.0 Å². The Morgan fingerprint density at radius 1 is 1.04 bits per heavy atom. The first-order valence-corrected chi connectivity index (χ1v) is 10.7. The summed E-state index contributed by atoms with van der Waals surface area (Å²) in [5.74, 6) is -0.0448. The molecule has 0 saturated heterocycles. The second-order valence-corrected chi connectivity index (χ2v) is 8.16. The molecule has 0 bridgehead atoms. The number of nitrogens with two attached hydrogens (primary N) is 1. The molecule has 3 N–H and O–H groups in total. The second-order valence-electron chi connectivity index (χ2n) is 6.31. The fourth-order valence-corrected chi connectivity index (χ4v) is 3.88. The zero-order valence-electron chi connectivity index (χ0n) is 16.0. The minimum Gasteiger partial charge on any atom is -0.337 e. The molecule has 28 heavy (non-hydrogen) atoms. The van der Waals surface area contributed by atoms with E-state index in [-0.39, 0.29) is 24.1 Å². The Morgan fingerprint density at radius 2 is 1.68 bits per heavy atom. The molecule has 0 aliphatic carbocycles. The molecule has 0 radical (unpaired) electrons. The van der Waals surface area contributed by atoms with Crippen molar-refractivity contribution in [3.8, 4) is 0 Å². The smallest absolute Gasteiger partial charge is 0.253 e. The fraction of sp³-hybridized carbons (Fsp3) is 0.350. The number of rotatable bonds is 10. The van der Waals surface area contributed by atoms with Gasteiger partial charge in [-0.2, -0.15) is 0 Å². The summed E-state index contributed by atoms with van der Waals surface area (Å²) in [6.07, 6.45) is 1.29. The van der Waals surface area contributed by atoms with Gasteiger partial charge in [0, 0.05) is 30.9 Å². The molecule has 0 heterocycles. The standard InChI is InChI=1S/C20H27N3O3S.ClH/c1-2-16-27(25,26)22-19-10-8-18(9-11-19)20(24)23(15-13-21)14-12-17-6-4-3-5-7-17;/h3-11,22H,2,12-16,21H2,1H3;1H. The highest BCUT2D eigenvalue weighted by atomic mass is 35.5. The molecule has 0 saturated carbocycles. The first-order chi connectivity index (χ1) is 12.9. The van der Waals surface area contributed by atoms with Crippen LogP contribution in [0.15, 0.2) is 54.6 Å². The highest BCUT2D eigenvalue weighted by Crippen LogP contribution is 2.14. The maximum atomic E-state index is 12.8. The van der Waals surface area contributed by atoms with Crippen LogP contribution < -0.4 is 10.5 Å². The summed E-state index contributed by atoms with van der Waals surface area (Å²) in [6.45, 7) is 3.24. The quantitative estimate of drug-likeness (QED) is 0.612. The lowest BCUT2D eigenvalue weighted by molar-refractivity contribution is 0.0762. The Bertz CT molecular complexity index is 828. The lowest BCUT2D eigenvalue weighted by Gasteiger charge is -2.22. The highest BCUT2D eigenvalue weighted by Gasteiger charge is 2.16. The summed E-state index contributed by atoms with van der Waals surface area (Å²) in [5.41, 5.74) is 7.79. The first-order valence-electron chi connectivity index (χ1n) is 9.09. The van der Waals surface area contributed by atoms with E-state index in [4.69, 9.17) is 5.73 Å². The van der Waals surface area contributed by atoms with Gasteiger partial charge in [-0.15, -0.1) is 12.4 Å². The van der Waals surface area contributed by atoms with Gasteiger partial charge in [0.25, 0.3) is 5.91 Å². The van der Waals surface area contributed by atoms with Gasteiger partial charge in [-0.05, 0) is 42.7 Å². The first kappa shape index (κ1) is 23.9. The van der Waals surface area contributed by atoms with Crippen LogP contribution in [0.3, 0.4) is 0 Å². The summed E-state index contributed by atoms with van der Waals surface area (Å²) in [4.78, 5) is 14.5. The van der Waals surface area contributed by atoms with Crippen molar-refractivity contribution in [1.29, 1.82) is 0 Å². The molecule has 0 atom stereocenters. The number of nitrogens with zero attached hydrogens (tertiary/aromatic N) is 1. The molecule has 8 heteroatoms. The number of benzene rings is 2. The zero-order valence-corrected chi connectivity index (χ0v) is 17.6. The predicted molar refractivity (Wildman–Crippen MR) is 116 cm³/mol. The number of carbonyl (C=O) groups is 1. The number of anilines is 1. The SMILES string of the molecule is CCCS(=O)(=O)Nc1ccc(C(=O)N(CCN)CCc2ccccc2)cc1.Cl. The van der Waals surface area contributed by atoms with Gasteiger partial charge in [-0.1, -0.05) is 37.3 Å². The van der Waals surface area contributed by atoms with Gasteiger partial charge in [0.1, 0.15) is 0 Å². The second kappa shape index (κ2) is 11.7. The van der Waals surface area contributed by atoms with E-state index in [0.717, 1.165) is 12.0 Å². The zero-order chi connectivity index (χ0) is 19.7. The molecule has 1 amide bonds. The van der Waals surface area contributed by atoms with Crippen molar-refractivity contribution in [2.75, 3.05) is 30.1 Å². The van der Waals surface area contributed by atoms with Crippen LogP contribution in [0, 0.1) is 0 Å². The van der Waals surface area contributed by atoms with Crippen molar-refractivity contribution in [2.45, 2.75) is 19.8 Å². The fourth-order valence-electron chi connectivity index (χ4n) is 2.74. The molecule has 154 valence electrons. The molecule has 0 unspecified atom stereocenters. The molecule has 0 aromatic heterocycles. The summed E-state index contributed by atoms with van der Waals surface area (Å²) in [7, 11) is -3.34. The molecule has 0 aliphatic rings. The van der Waals surface area contributed by atoms with Crippen molar-refractivity contribution < 1.29 is 13.2 Å². The number of hydrogen-bond acceptors (Lipinski definition) is 4. The van der Waals surface area contributed by atoms with Crippen molar-refractivity contribution in [1.82, 2.24) is 4.90 Å². The van der Waals surface area contributed by atoms with E-state index in [0.29, 0.717) is 37.3 Å². The molecule has 2 aromatic rings. The Balaban J connectivity index is 0.00000392. The topological polar surface area (TPSA) is 92.5 Å². The lowest BCUT2D eigenvalue weighted by atomic mass is 10.1. The van der Waals surface area contributed by atoms with E-state index in [1.807, 2.05) is 37.3 Å². The van der Waals surface area contributed by atoms with Gasteiger partial charge in [-0.3, -0.25) is 9.52 Å². The number of sulfonamides is 1. The van der Waals surface area contributed by atoms with Gasteiger partial charge in [-0.25, -0.2) is 8.42 Å². The van der Waals surface area contributed by atoms with E-state index in [1.54, 1.807) is 29.2 Å².